The molecule has 0 fully saturated rings. The minimum atomic E-state index is -4.18. The van der Waals surface area contributed by atoms with Crippen LogP contribution in [-0.2, 0) is 26.2 Å². The van der Waals surface area contributed by atoms with E-state index in [9.17, 15) is 22.4 Å². The zero-order chi connectivity index (χ0) is 28.4. The first kappa shape index (κ1) is 29.8. The molecule has 9 heteroatoms. The standard InChI is InChI=1S/C30H36FN3O4S/c1-4-6-19-32-30(36)28(5-2)33(21-24-12-10-11-23(3)20-24)29(35)22-34(26-17-15-25(31)16-18-26)39(37,38)27-13-8-7-9-14-27/h7-18,20,28H,4-6,19,21-22H2,1-3H3,(H,32,36)/t28-/m1/s1. The molecule has 0 bridgehead atoms. The van der Waals surface area contributed by atoms with Crippen molar-refractivity contribution in [2.24, 2.45) is 0 Å². The molecule has 0 aromatic heterocycles. The van der Waals surface area contributed by atoms with Gasteiger partial charge in [0.15, 0.2) is 0 Å². The van der Waals surface area contributed by atoms with Crippen LogP contribution in [0.5, 0.6) is 0 Å². The smallest absolute Gasteiger partial charge is 0.264 e. The summed E-state index contributed by atoms with van der Waals surface area (Å²) in [5.41, 5.74) is 1.96. The van der Waals surface area contributed by atoms with E-state index in [1.807, 2.05) is 45.0 Å². The molecule has 3 rings (SSSR count). The topological polar surface area (TPSA) is 86.8 Å². The number of aryl methyl sites for hydroxylation is 1. The zero-order valence-electron chi connectivity index (χ0n) is 22.6. The molecule has 3 aromatic rings. The lowest BCUT2D eigenvalue weighted by Gasteiger charge is -2.33. The van der Waals surface area contributed by atoms with Gasteiger partial charge < -0.3 is 10.2 Å². The number of nitrogens with zero attached hydrogens (tertiary/aromatic N) is 2. The fourth-order valence-corrected chi connectivity index (χ4v) is 5.72. The van der Waals surface area contributed by atoms with E-state index in [-0.39, 0.29) is 23.0 Å². The van der Waals surface area contributed by atoms with E-state index in [0.29, 0.717) is 13.0 Å². The average molecular weight is 554 g/mol. The van der Waals surface area contributed by atoms with Gasteiger partial charge in [-0.25, -0.2) is 12.8 Å². The van der Waals surface area contributed by atoms with Gasteiger partial charge in [-0.1, -0.05) is 68.3 Å². The Kier molecular flexibility index (Phi) is 10.6. The first-order valence-electron chi connectivity index (χ1n) is 13.1. The van der Waals surface area contributed by atoms with Crippen molar-refractivity contribution in [3.05, 3.63) is 95.8 Å². The quantitative estimate of drug-likeness (QED) is 0.300. The van der Waals surface area contributed by atoms with E-state index in [1.165, 1.54) is 29.2 Å². The van der Waals surface area contributed by atoms with Crippen molar-refractivity contribution in [3.63, 3.8) is 0 Å². The lowest BCUT2D eigenvalue weighted by atomic mass is 10.1. The largest absolute Gasteiger partial charge is 0.354 e. The van der Waals surface area contributed by atoms with Crippen LogP contribution in [0, 0.1) is 12.7 Å². The summed E-state index contributed by atoms with van der Waals surface area (Å²) in [6, 6.07) is 19.5. The number of rotatable bonds is 13. The summed E-state index contributed by atoms with van der Waals surface area (Å²) in [6.07, 6.45) is 2.06. The Balaban J connectivity index is 2.02. The number of sulfonamides is 1. The number of anilines is 1. The van der Waals surface area contributed by atoms with Crippen molar-refractivity contribution in [3.8, 4) is 0 Å². The molecular weight excluding hydrogens is 517 g/mol. The van der Waals surface area contributed by atoms with Gasteiger partial charge in [-0.15, -0.1) is 0 Å². The van der Waals surface area contributed by atoms with Crippen molar-refractivity contribution in [2.45, 2.75) is 57.5 Å². The summed E-state index contributed by atoms with van der Waals surface area (Å²) >= 11 is 0. The fraction of sp³-hybridized carbons (Fsp3) is 0.333. The SMILES string of the molecule is CCCCNC(=O)[C@@H](CC)N(Cc1cccc(C)c1)C(=O)CN(c1ccc(F)cc1)S(=O)(=O)c1ccccc1. The van der Waals surface area contributed by atoms with Crippen LogP contribution in [0.15, 0.2) is 83.8 Å². The van der Waals surface area contributed by atoms with Gasteiger partial charge in [-0.05, 0) is 61.7 Å². The number of carbonyl (C=O) groups excluding carboxylic acids is 2. The molecule has 2 amide bonds. The van der Waals surface area contributed by atoms with Crippen molar-refractivity contribution in [1.82, 2.24) is 10.2 Å². The van der Waals surface area contributed by atoms with Crippen LogP contribution in [0.2, 0.25) is 0 Å². The third-order valence-electron chi connectivity index (χ3n) is 6.38. The number of unbranched alkanes of at least 4 members (excludes halogenated alkanes) is 1. The average Bonchev–Trinajstić information content (AvgIpc) is 2.92. The maximum atomic E-state index is 14.0. The highest BCUT2D eigenvalue weighted by molar-refractivity contribution is 7.92. The van der Waals surface area contributed by atoms with Crippen LogP contribution in [-0.4, -0.2) is 44.3 Å². The minimum Gasteiger partial charge on any atom is -0.354 e. The monoisotopic (exact) mass is 553 g/mol. The van der Waals surface area contributed by atoms with E-state index in [2.05, 4.69) is 5.32 Å². The van der Waals surface area contributed by atoms with E-state index in [0.717, 1.165) is 40.4 Å². The molecule has 0 heterocycles. The number of carbonyl (C=O) groups is 2. The van der Waals surface area contributed by atoms with Gasteiger partial charge in [0.2, 0.25) is 11.8 Å². The van der Waals surface area contributed by atoms with Crippen LogP contribution in [0.3, 0.4) is 0 Å². The Morgan fingerprint density at radius 3 is 2.26 bits per heavy atom. The van der Waals surface area contributed by atoms with Crippen LogP contribution in [0.1, 0.15) is 44.2 Å². The third-order valence-corrected chi connectivity index (χ3v) is 8.16. The Labute approximate surface area is 230 Å². The van der Waals surface area contributed by atoms with Crippen molar-refractivity contribution in [1.29, 1.82) is 0 Å². The van der Waals surface area contributed by atoms with Gasteiger partial charge in [0, 0.05) is 13.1 Å². The third kappa shape index (κ3) is 7.89. The maximum absolute atomic E-state index is 14.0. The normalized spacial score (nSPS) is 12.0. The summed E-state index contributed by atoms with van der Waals surface area (Å²) < 4.78 is 42.1. The van der Waals surface area contributed by atoms with E-state index in [4.69, 9.17) is 0 Å². The molecule has 0 aliphatic carbocycles. The zero-order valence-corrected chi connectivity index (χ0v) is 23.5. The molecule has 1 N–H and O–H groups in total. The second-order valence-corrected chi connectivity index (χ2v) is 11.2. The summed E-state index contributed by atoms with van der Waals surface area (Å²) in [5, 5.41) is 2.91. The Morgan fingerprint density at radius 2 is 1.64 bits per heavy atom. The van der Waals surface area contributed by atoms with Gasteiger partial charge in [-0.3, -0.25) is 13.9 Å². The van der Waals surface area contributed by atoms with Crippen molar-refractivity contribution in [2.75, 3.05) is 17.4 Å². The van der Waals surface area contributed by atoms with E-state index < -0.39 is 34.3 Å². The van der Waals surface area contributed by atoms with Crippen LogP contribution in [0.25, 0.3) is 0 Å². The lowest BCUT2D eigenvalue weighted by Crippen LogP contribution is -2.52. The maximum Gasteiger partial charge on any atom is 0.264 e. The van der Waals surface area contributed by atoms with Gasteiger partial charge in [-0.2, -0.15) is 0 Å². The van der Waals surface area contributed by atoms with E-state index in [1.54, 1.807) is 18.2 Å². The second-order valence-electron chi connectivity index (χ2n) is 9.38. The molecule has 0 saturated carbocycles. The van der Waals surface area contributed by atoms with Crippen LogP contribution in [0.4, 0.5) is 10.1 Å². The Hall–Kier alpha value is -3.72. The van der Waals surface area contributed by atoms with Crippen LogP contribution < -0.4 is 9.62 Å². The highest BCUT2D eigenvalue weighted by atomic mass is 32.2. The van der Waals surface area contributed by atoms with Crippen molar-refractivity contribution < 1.29 is 22.4 Å². The molecule has 3 aromatic carbocycles. The second kappa shape index (κ2) is 13.9. The molecule has 1 atom stereocenters. The summed E-state index contributed by atoms with van der Waals surface area (Å²) in [6.45, 7) is 5.83. The van der Waals surface area contributed by atoms with Gasteiger partial charge in [0.1, 0.15) is 18.4 Å². The number of halogens is 1. The first-order valence-corrected chi connectivity index (χ1v) is 14.6. The number of hydrogen-bond acceptors (Lipinski definition) is 4. The predicted molar refractivity (Wildman–Crippen MR) is 151 cm³/mol. The molecule has 0 spiro atoms. The minimum absolute atomic E-state index is 0.00305. The molecule has 39 heavy (non-hydrogen) atoms. The number of benzene rings is 3. The Bertz CT molecular complexity index is 1350. The van der Waals surface area contributed by atoms with Gasteiger partial charge in [0.05, 0.1) is 10.6 Å². The fourth-order valence-electron chi connectivity index (χ4n) is 4.29. The number of amides is 2. The summed E-state index contributed by atoms with van der Waals surface area (Å²) in [5.74, 6) is -1.36. The molecule has 7 nitrogen and oxygen atoms in total. The highest BCUT2D eigenvalue weighted by Crippen LogP contribution is 2.25. The highest BCUT2D eigenvalue weighted by Gasteiger charge is 2.33. The van der Waals surface area contributed by atoms with Crippen LogP contribution >= 0.6 is 0 Å². The molecule has 0 aliphatic heterocycles. The molecule has 208 valence electrons. The molecule has 0 aliphatic rings. The van der Waals surface area contributed by atoms with Crippen molar-refractivity contribution >= 4 is 27.5 Å². The number of nitrogens with one attached hydrogen (secondary N) is 1. The van der Waals surface area contributed by atoms with Gasteiger partial charge in [0.25, 0.3) is 10.0 Å². The van der Waals surface area contributed by atoms with E-state index >= 15 is 0 Å². The summed E-state index contributed by atoms with van der Waals surface area (Å²) in [7, 11) is -4.18. The lowest BCUT2D eigenvalue weighted by molar-refractivity contribution is -0.140. The summed E-state index contributed by atoms with van der Waals surface area (Å²) in [4.78, 5) is 28.6. The first-order chi connectivity index (χ1) is 18.7. The molecule has 0 saturated heterocycles. The molecular formula is C30H36FN3O4S. The predicted octanol–water partition coefficient (Wildman–Crippen LogP) is 5.05. The number of hydrogen-bond donors (Lipinski definition) is 1. The molecule has 0 unspecified atom stereocenters. The van der Waals surface area contributed by atoms with Gasteiger partial charge >= 0.3 is 0 Å². The Morgan fingerprint density at radius 1 is 0.949 bits per heavy atom. The molecule has 0 radical (unpaired) electrons.